The van der Waals surface area contributed by atoms with Crippen LogP contribution < -0.4 is 4.74 Å². The van der Waals surface area contributed by atoms with Gasteiger partial charge >= 0.3 is 0 Å². The Kier molecular flexibility index (Phi) is 4.76. The summed E-state index contributed by atoms with van der Waals surface area (Å²) in [7, 11) is 1.65. The summed E-state index contributed by atoms with van der Waals surface area (Å²) in [5.74, 6) is 1.94. The van der Waals surface area contributed by atoms with Crippen molar-refractivity contribution in [3.63, 3.8) is 0 Å². The Labute approximate surface area is 141 Å². The molecular weight excluding hydrogens is 304 g/mol. The molecule has 0 aliphatic rings. The second-order valence-corrected chi connectivity index (χ2v) is 5.76. The first kappa shape index (κ1) is 16.4. The number of ether oxygens (including phenoxy) is 2. The highest BCUT2D eigenvalue weighted by Crippen LogP contribution is 2.36. The first-order valence-electron chi connectivity index (χ1n) is 8.07. The van der Waals surface area contributed by atoms with Crippen LogP contribution >= 0.6 is 0 Å². The molecule has 0 amide bonds. The lowest BCUT2D eigenvalue weighted by atomic mass is 10.0. The first-order chi connectivity index (χ1) is 11.6. The summed E-state index contributed by atoms with van der Waals surface area (Å²) >= 11 is 0. The Hall–Kier alpha value is -2.46. The van der Waals surface area contributed by atoms with Crippen LogP contribution in [0.1, 0.15) is 29.4 Å². The number of aromatic hydroxyl groups is 1. The minimum atomic E-state index is 0.253. The van der Waals surface area contributed by atoms with Crippen LogP contribution in [0.5, 0.6) is 11.5 Å². The molecule has 3 aromatic rings. The number of furan rings is 1. The molecule has 0 spiro atoms. The monoisotopic (exact) mass is 326 g/mol. The summed E-state index contributed by atoms with van der Waals surface area (Å²) < 4.78 is 16.6. The maximum Gasteiger partial charge on any atom is 0.138 e. The van der Waals surface area contributed by atoms with E-state index < -0.39 is 0 Å². The maximum atomic E-state index is 10.5. The van der Waals surface area contributed by atoms with Crippen molar-refractivity contribution in [2.24, 2.45) is 0 Å². The molecule has 0 fully saturated rings. The second-order valence-electron chi connectivity index (χ2n) is 5.76. The predicted molar refractivity (Wildman–Crippen MR) is 93.7 cm³/mol. The Balaban J connectivity index is 1.94. The molecule has 1 N–H and O–H groups in total. The largest absolute Gasteiger partial charge is 0.507 e. The number of benzene rings is 2. The summed E-state index contributed by atoms with van der Waals surface area (Å²) in [6.07, 6.45) is 0.671. The van der Waals surface area contributed by atoms with Crippen molar-refractivity contribution in [2.45, 2.75) is 26.9 Å². The third kappa shape index (κ3) is 3.10. The van der Waals surface area contributed by atoms with Crippen LogP contribution in [0.25, 0.3) is 11.0 Å². The third-order valence-corrected chi connectivity index (χ3v) is 4.24. The number of aryl methyl sites for hydroxylation is 1. The molecule has 3 rings (SSSR count). The molecule has 1 aromatic heterocycles. The minimum Gasteiger partial charge on any atom is -0.507 e. The van der Waals surface area contributed by atoms with Gasteiger partial charge in [-0.25, -0.2) is 0 Å². The number of phenolic OH excluding ortho intramolecular Hbond substituents is 1. The Morgan fingerprint density at radius 2 is 1.83 bits per heavy atom. The number of hydrogen-bond acceptors (Lipinski definition) is 4. The van der Waals surface area contributed by atoms with Crippen molar-refractivity contribution >= 4 is 11.0 Å². The third-order valence-electron chi connectivity index (χ3n) is 4.24. The van der Waals surface area contributed by atoms with Crippen LogP contribution in [0.4, 0.5) is 0 Å². The van der Waals surface area contributed by atoms with Gasteiger partial charge in [0, 0.05) is 24.2 Å². The van der Waals surface area contributed by atoms with Crippen LogP contribution in [0.15, 0.2) is 40.8 Å². The highest BCUT2D eigenvalue weighted by molar-refractivity contribution is 5.89. The van der Waals surface area contributed by atoms with Gasteiger partial charge in [-0.1, -0.05) is 12.1 Å². The number of rotatable bonds is 6. The van der Waals surface area contributed by atoms with Gasteiger partial charge in [0.05, 0.1) is 19.1 Å². The molecule has 0 bridgehead atoms. The molecule has 126 valence electrons. The van der Waals surface area contributed by atoms with Crippen LogP contribution in [0.2, 0.25) is 0 Å². The van der Waals surface area contributed by atoms with Crippen molar-refractivity contribution in [3.8, 4) is 11.5 Å². The summed E-state index contributed by atoms with van der Waals surface area (Å²) in [5.41, 5.74) is 3.58. The average molecular weight is 326 g/mol. The molecule has 0 aliphatic carbocycles. The lowest BCUT2D eigenvalue weighted by molar-refractivity contribution is 0.132. The fourth-order valence-corrected chi connectivity index (χ4v) is 2.84. The van der Waals surface area contributed by atoms with Gasteiger partial charge in [-0.2, -0.15) is 0 Å². The van der Waals surface area contributed by atoms with Crippen molar-refractivity contribution < 1.29 is 19.0 Å². The van der Waals surface area contributed by atoms with Crippen molar-refractivity contribution in [2.75, 3.05) is 13.7 Å². The van der Waals surface area contributed by atoms with Crippen molar-refractivity contribution in [1.29, 1.82) is 0 Å². The van der Waals surface area contributed by atoms with Gasteiger partial charge < -0.3 is 19.0 Å². The summed E-state index contributed by atoms with van der Waals surface area (Å²) in [6, 6.07) is 11.7. The van der Waals surface area contributed by atoms with E-state index >= 15 is 0 Å². The SMILES string of the molecule is CCOCc1ccc2oc(Cc3ccc(OC)cc3)c(C)c2c1O. The number of fused-ring (bicyclic) bond motifs is 1. The molecule has 0 saturated carbocycles. The maximum absolute atomic E-state index is 10.5. The van der Waals surface area contributed by atoms with Crippen molar-refractivity contribution in [3.05, 3.63) is 58.8 Å². The van der Waals surface area contributed by atoms with Gasteiger partial charge in [0.2, 0.25) is 0 Å². The van der Waals surface area contributed by atoms with Crippen LogP contribution in [0, 0.1) is 6.92 Å². The highest BCUT2D eigenvalue weighted by Gasteiger charge is 2.17. The lowest BCUT2D eigenvalue weighted by Gasteiger charge is -2.05. The van der Waals surface area contributed by atoms with E-state index in [1.165, 1.54) is 0 Å². The molecule has 0 atom stereocenters. The summed E-state index contributed by atoms with van der Waals surface area (Å²) in [6.45, 7) is 4.93. The van der Waals surface area contributed by atoms with Gasteiger partial charge in [-0.3, -0.25) is 0 Å². The Morgan fingerprint density at radius 3 is 2.50 bits per heavy atom. The minimum absolute atomic E-state index is 0.253. The average Bonchev–Trinajstić information content (AvgIpc) is 2.91. The van der Waals surface area contributed by atoms with E-state index in [-0.39, 0.29) is 5.75 Å². The van der Waals surface area contributed by atoms with Crippen LogP contribution in [-0.2, 0) is 17.8 Å². The van der Waals surface area contributed by atoms with E-state index in [0.717, 1.165) is 33.6 Å². The fraction of sp³-hybridized carbons (Fsp3) is 0.300. The van der Waals surface area contributed by atoms with E-state index in [1.54, 1.807) is 7.11 Å². The second kappa shape index (κ2) is 6.97. The molecular formula is C20H22O4. The van der Waals surface area contributed by atoms with E-state index in [2.05, 4.69) is 0 Å². The molecule has 0 radical (unpaired) electrons. The summed E-state index contributed by atoms with van der Waals surface area (Å²) in [4.78, 5) is 0. The zero-order chi connectivity index (χ0) is 17.1. The number of methoxy groups -OCH3 is 1. The zero-order valence-corrected chi connectivity index (χ0v) is 14.3. The molecule has 0 saturated heterocycles. The van der Waals surface area contributed by atoms with Gasteiger partial charge in [0.15, 0.2) is 0 Å². The molecule has 4 nitrogen and oxygen atoms in total. The smallest absolute Gasteiger partial charge is 0.138 e. The molecule has 0 unspecified atom stereocenters. The van der Waals surface area contributed by atoms with Gasteiger partial charge in [0.1, 0.15) is 22.8 Å². The van der Waals surface area contributed by atoms with Gasteiger partial charge in [0.25, 0.3) is 0 Å². The molecule has 4 heteroatoms. The van der Waals surface area contributed by atoms with E-state index in [4.69, 9.17) is 13.9 Å². The predicted octanol–water partition coefficient (Wildman–Crippen LogP) is 4.58. The normalized spacial score (nSPS) is 11.1. The molecule has 24 heavy (non-hydrogen) atoms. The first-order valence-corrected chi connectivity index (χ1v) is 8.07. The van der Waals surface area contributed by atoms with Gasteiger partial charge in [-0.15, -0.1) is 0 Å². The Bertz CT molecular complexity index is 831. The number of phenols is 1. The van der Waals surface area contributed by atoms with Crippen LogP contribution in [-0.4, -0.2) is 18.8 Å². The molecule has 2 aromatic carbocycles. The topological polar surface area (TPSA) is 51.8 Å². The van der Waals surface area contributed by atoms with Crippen LogP contribution in [0.3, 0.4) is 0 Å². The number of hydrogen-bond donors (Lipinski definition) is 1. The van der Waals surface area contributed by atoms with Gasteiger partial charge in [-0.05, 0) is 43.7 Å². The molecule has 0 aliphatic heterocycles. The lowest BCUT2D eigenvalue weighted by Crippen LogP contribution is -1.92. The Morgan fingerprint density at radius 1 is 1.08 bits per heavy atom. The van der Waals surface area contributed by atoms with E-state index in [1.807, 2.05) is 50.2 Å². The van der Waals surface area contributed by atoms with E-state index in [9.17, 15) is 5.11 Å². The quantitative estimate of drug-likeness (QED) is 0.720. The van der Waals surface area contributed by atoms with Crippen molar-refractivity contribution in [1.82, 2.24) is 0 Å². The standard InChI is InChI=1S/C20H22O4/c1-4-23-12-15-7-10-17-19(20(15)21)13(2)18(24-17)11-14-5-8-16(22-3)9-6-14/h5-10,21H,4,11-12H2,1-3H3. The highest BCUT2D eigenvalue weighted by atomic mass is 16.5. The zero-order valence-electron chi connectivity index (χ0n) is 14.3. The summed E-state index contributed by atoms with van der Waals surface area (Å²) in [5, 5.41) is 11.3. The fourth-order valence-electron chi connectivity index (χ4n) is 2.84. The molecule has 1 heterocycles. The van der Waals surface area contributed by atoms with E-state index in [0.29, 0.717) is 25.2 Å².